The number of nitrogens with zero attached hydrogens (tertiary/aromatic N) is 2. The Labute approximate surface area is 166 Å². The van der Waals surface area contributed by atoms with E-state index in [0.717, 1.165) is 22.0 Å². The molecule has 4 aromatic rings. The molecule has 0 unspecified atom stereocenters. The van der Waals surface area contributed by atoms with Crippen molar-refractivity contribution in [1.82, 2.24) is 9.38 Å². The van der Waals surface area contributed by atoms with Crippen LogP contribution in [0.4, 0.5) is 10.1 Å². The molecule has 1 N–H and O–H groups in total. The minimum atomic E-state index is -0.317. The molecule has 0 aliphatic rings. The number of anilines is 1. The molecule has 0 aliphatic heterocycles. The van der Waals surface area contributed by atoms with Crippen LogP contribution in [0.15, 0.2) is 78.0 Å². The maximum atomic E-state index is 13.2. The average Bonchev–Trinajstić information content (AvgIpc) is 3.12. The van der Waals surface area contributed by atoms with Crippen LogP contribution in [0.2, 0.25) is 0 Å². The number of benzene rings is 2. The highest BCUT2D eigenvalue weighted by molar-refractivity contribution is 7.98. The van der Waals surface area contributed by atoms with Crippen LogP contribution in [0.5, 0.6) is 0 Å². The Morgan fingerprint density at radius 3 is 2.71 bits per heavy atom. The fourth-order valence-electron chi connectivity index (χ4n) is 2.88. The van der Waals surface area contributed by atoms with Crippen LogP contribution in [-0.4, -0.2) is 15.3 Å². The largest absolute Gasteiger partial charge is 0.322 e. The first-order chi connectivity index (χ1) is 13.6. The molecule has 0 fully saturated rings. The van der Waals surface area contributed by atoms with Gasteiger partial charge in [0.05, 0.1) is 5.69 Å². The van der Waals surface area contributed by atoms with Crippen LogP contribution < -0.4 is 5.32 Å². The highest BCUT2D eigenvalue weighted by Crippen LogP contribution is 2.24. The lowest BCUT2D eigenvalue weighted by Crippen LogP contribution is -2.12. The van der Waals surface area contributed by atoms with Gasteiger partial charge in [-0.1, -0.05) is 6.07 Å². The summed E-state index contributed by atoms with van der Waals surface area (Å²) >= 11 is 1.67. The number of aryl methyl sites for hydroxylation is 1. The molecule has 2 aromatic heterocycles. The molecule has 4 rings (SSSR count). The lowest BCUT2D eigenvalue weighted by atomic mass is 10.1. The molecule has 0 saturated carbocycles. The van der Waals surface area contributed by atoms with E-state index in [1.165, 1.54) is 12.1 Å². The van der Waals surface area contributed by atoms with E-state index < -0.39 is 0 Å². The van der Waals surface area contributed by atoms with Crippen molar-refractivity contribution in [2.75, 3.05) is 5.32 Å². The Hall–Kier alpha value is -3.12. The number of nitrogens with one attached hydrogen (secondary N) is 1. The number of hydrogen-bond acceptors (Lipinski definition) is 3. The number of halogens is 1. The zero-order valence-electron chi connectivity index (χ0n) is 15.2. The summed E-state index contributed by atoms with van der Waals surface area (Å²) in [6.45, 7) is 1.76. The molecule has 0 radical (unpaired) electrons. The van der Waals surface area contributed by atoms with Gasteiger partial charge >= 0.3 is 0 Å². The first-order valence-electron chi connectivity index (χ1n) is 8.81. The smallest absolute Gasteiger partial charge is 0.255 e. The number of rotatable bonds is 5. The number of aromatic nitrogens is 2. The fourth-order valence-corrected chi connectivity index (χ4v) is 3.66. The van der Waals surface area contributed by atoms with Gasteiger partial charge in [-0.3, -0.25) is 4.79 Å². The second kappa shape index (κ2) is 7.86. The maximum absolute atomic E-state index is 13.2. The SMILES string of the molecule is Cc1cc(F)ccc1NC(=O)c1ccc(SCc2cn3ccccc3n2)cc1. The van der Waals surface area contributed by atoms with Gasteiger partial charge in [-0.2, -0.15) is 0 Å². The van der Waals surface area contributed by atoms with E-state index in [1.54, 1.807) is 36.9 Å². The zero-order valence-corrected chi connectivity index (χ0v) is 16.0. The van der Waals surface area contributed by atoms with E-state index in [0.29, 0.717) is 16.8 Å². The van der Waals surface area contributed by atoms with Crippen molar-refractivity contribution in [2.45, 2.75) is 17.6 Å². The number of carbonyl (C=O) groups excluding carboxylic acids is 1. The molecule has 0 bridgehead atoms. The number of imidazole rings is 1. The summed E-state index contributed by atoms with van der Waals surface area (Å²) in [5.41, 5.74) is 3.79. The molecule has 6 heteroatoms. The molecule has 140 valence electrons. The number of carbonyl (C=O) groups is 1. The Bertz CT molecular complexity index is 1110. The second-order valence-corrected chi connectivity index (χ2v) is 7.47. The summed E-state index contributed by atoms with van der Waals surface area (Å²) < 4.78 is 15.2. The Morgan fingerprint density at radius 1 is 1.14 bits per heavy atom. The van der Waals surface area contributed by atoms with Gasteiger partial charge in [0.25, 0.3) is 5.91 Å². The van der Waals surface area contributed by atoms with Gasteiger partial charge in [-0.15, -0.1) is 11.8 Å². The molecule has 2 heterocycles. The third kappa shape index (κ3) is 4.07. The van der Waals surface area contributed by atoms with Crippen LogP contribution in [0.1, 0.15) is 21.6 Å². The van der Waals surface area contributed by atoms with Crippen LogP contribution in [0.3, 0.4) is 0 Å². The molecule has 4 nitrogen and oxygen atoms in total. The monoisotopic (exact) mass is 391 g/mol. The molecule has 0 aliphatic carbocycles. The average molecular weight is 391 g/mol. The molecule has 2 aromatic carbocycles. The van der Waals surface area contributed by atoms with Gasteiger partial charge in [0, 0.05) is 34.3 Å². The van der Waals surface area contributed by atoms with Crippen molar-refractivity contribution in [2.24, 2.45) is 0 Å². The first kappa shape index (κ1) is 18.3. The summed E-state index contributed by atoms with van der Waals surface area (Å²) in [4.78, 5) is 18.1. The summed E-state index contributed by atoms with van der Waals surface area (Å²) in [5.74, 6) is 0.219. The topological polar surface area (TPSA) is 46.4 Å². The molecule has 0 atom stereocenters. The quantitative estimate of drug-likeness (QED) is 0.468. The molecule has 1 amide bonds. The number of amides is 1. The summed E-state index contributed by atoms with van der Waals surface area (Å²) in [5, 5.41) is 2.82. The van der Waals surface area contributed by atoms with E-state index in [2.05, 4.69) is 10.3 Å². The van der Waals surface area contributed by atoms with Crippen molar-refractivity contribution >= 4 is 29.0 Å². The zero-order chi connectivity index (χ0) is 19.5. The highest BCUT2D eigenvalue weighted by Gasteiger charge is 2.09. The van der Waals surface area contributed by atoms with Crippen LogP contribution in [-0.2, 0) is 5.75 Å². The predicted molar refractivity (Wildman–Crippen MR) is 110 cm³/mol. The van der Waals surface area contributed by atoms with Crippen LogP contribution in [0, 0.1) is 12.7 Å². The number of thioether (sulfide) groups is 1. The molecule has 0 spiro atoms. The maximum Gasteiger partial charge on any atom is 0.255 e. The van der Waals surface area contributed by atoms with Crippen molar-refractivity contribution in [1.29, 1.82) is 0 Å². The van der Waals surface area contributed by atoms with Crippen molar-refractivity contribution in [3.05, 3.63) is 95.7 Å². The van der Waals surface area contributed by atoms with Crippen molar-refractivity contribution in [3.63, 3.8) is 0 Å². The van der Waals surface area contributed by atoms with Gasteiger partial charge in [0.2, 0.25) is 0 Å². The van der Waals surface area contributed by atoms with E-state index in [1.807, 2.05) is 47.1 Å². The lowest BCUT2D eigenvalue weighted by Gasteiger charge is -2.09. The Balaban J connectivity index is 1.39. The highest BCUT2D eigenvalue weighted by atomic mass is 32.2. The normalized spacial score (nSPS) is 10.9. The number of fused-ring (bicyclic) bond motifs is 1. The van der Waals surface area contributed by atoms with Gasteiger partial charge in [-0.25, -0.2) is 9.37 Å². The van der Waals surface area contributed by atoms with E-state index >= 15 is 0 Å². The van der Waals surface area contributed by atoms with E-state index in [4.69, 9.17) is 0 Å². The summed E-state index contributed by atoms with van der Waals surface area (Å²) in [6.07, 6.45) is 4.00. The summed E-state index contributed by atoms with van der Waals surface area (Å²) in [6, 6.07) is 17.7. The van der Waals surface area contributed by atoms with Gasteiger partial charge in [-0.05, 0) is 67.1 Å². The molecular formula is C22H18FN3OS. The molecule has 28 heavy (non-hydrogen) atoms. The van der Waals surface area contributed by atoms with Gasteiger partial charge in [0.15, 0.2) is 0 Å². The third-order valence-corrected chi connectivity index (χ3v) is 5.40. The molecule has 0 saturated heterocycles. The van der Waals surface area contributed by atoms with E-state index in [9.17, 15) is 9.18 Å². The van der Waals surface area contributed by atoms with Gasteiger partial charge < -0.3 is 9.72 Å². The predicted octanol–water partition coefficient (Wildman–Crippen LogP) is 5.33. The Morgan fingerprint density at radius 2 is 1.96 bits per heavy atom. The fraction of sp³-hybridized carbons (Fsp3) is 0.0909. The Kier molecular flexibility index (Phi) is 5.12. The minimum absolute atomic E-state index is 0.216. The lowest BCUT2D eigenvalue weighted by molar-refractivity contribution is 0.102. The number of pyridine rings is 1. The number of hydrogen-bond donors (Lipinski definition) is 1. The first-order valence-corrected chi connectivity index (χ1v) is 9.80. The van der Waals surface area contributed by atoms with Crippen LogP contribution in [0.25, 0.3) is 5.65 Å². The minimum Gasteiger partial charge on any atom is -0.322 e. The standard InChI is InChI=1S/C22H18FN3OS/c1-15-12-17(23)7-10-20(15)25-22(27)16-5-8-19(9-6-16)28-14-18-13-26-11-3-2-4-21(26)24-18/h2-13H,14H2,1H3,(H,25,27). The van der Waals surface area contributed by atoms with Crippen molar-refractivity contribution < 1.29 is 9.18 Å². The van der Waals surface area contributed by atoms with Gasteiger partial charge in [0.1, 0.15) is 11.5 Å². The summed E-state index contributed by atoms with van der Waals surface area (Å²) in [7, 11) is 0. The van der Waals surface area contributed by atoms with Crippen molar-refractivity contribution in [3.8, 4) is 0 Å². The second-order valence-electron chi connectivity index (χ2n) is 6.42. The third-order valence-electron chi connectivity index (χ3n) is 4.35. The molecular weight excluding hydrogens is 373 g/mol. The van der Waals surface area contributed by atoms with E-state index in [-0.39, 0.29) is 11.7 Å². The van der Waals surface area contributed by atoms with Crippen LogP contribution >= 0.6 is 11.8 Å².